The third kappa shape index (κ3) is 6.50. The summed E-state index contributed by atoms with van der Waals surface area (Å²) >= 11 is 1.62. The number of aromatic nitrogens is 3. The van der Waals surface area contributed by atoms with Crippen molar-refractivity contribution in [3.63, 3.8) is 0 Å². The first-order valence-corrected chi connectivity index (χ1v) is 11.7. The van der Waals surface area contributed by atoms with Gasteiger partial charge in [-0.3, -0.25) is 9.59 Å². The molecule has 1 fully saturated rings. The first-order valence-electron chi connectivity index (χ1n) is 10.5. The number of carbonyl (C=O) groups is 2. The molecule has 2 amide bonds. The fraction of sp³-hybridized carbons (Fsp3) is 0.800. The summed E-state index contributed by atoms with van der Waals surface area (Å²) in [7, 11) is 0. The largest absolute Gasteiger partial charge is 0.356 e. The molecular formula is C20H35N5O2S. The number of thioether (sulfide) groups is 1. The second-order valence-corrected chi connectivity index (χ2v) is 8.68. The summed E-state index contributed by atoms with van der Waals surface area (Å²) in [6, 6.07) is 0. The Labute approximate surface area is 173 Å². The van der Waals surface area contributed by atoms with Crippen molar-refractivity contribution in [2.45, 2.75) is 71.0 Å². The predicted octanol–water partition coefficient (Wildman–Crippen LogP) is 2.74. The number of hydrogen-bond donors (Lipinski definition) is 1. The number of likely N-dealkylation sites (tertiary alicyclic amines) is 1. The number of piperidine rings is 1. The van der Waals surface area contributed by atoms with Crippen LogP contribution in [0.5, 0.6) is 0 Å². The van der Waals surface area contributed by atoms with Gasteiger partial charge in [0.1, 0.15) is 5.82 Å². The van der Waals surface area contributed by atoms with E-state index in [0.29, 0.717) is 32.0 Å². The molecule has 158 valence electrons. The highest BCUT2D eigenvalue weighted by atomic mass is 32.2. The molecule has 0 unspecified atom stereocenters. The highest BCUT2D eigenvalue weighted by Crippen LogP contribution is 2.19. The number of carbonyl (C=O) groups excluding carboxylic acids is 2. The zero-order chi connectivity index (χ0) is 20.5. The smallest absolute Gasteiger partial charge is 0.223 e. The maximum Gasteiger partial charge on any atom is 0.223 e. The summed E-state index contributed by atoms with van der Waals surface area (Å²) in [4.78, 5) is 26.3. The molecule has 0 radical (unpaired) electrons. The lowest BCUT2D eigenvalue weighted by Gasteiger charge is -2.31. The van der Waals surface area contributed by atoms with Crippen LogP contribution in [0.1, 0.15) is 58.7 Å². The maximum absolute atomic E-state index is 12.4. The molecular weight excluding hydrogens is 374 g/mol. The van der Waals surface area contributed by atoms with Crippen LogP contribution in [-0.2, 0) is 22.6 Å². The summed E-state index contributed by atoms with van der Waals surface area (Å²) in [5.74, 6) is 1.90. The van der Waals surface area contributed by atoms with Crippen LogP contribution in [0.3, 0.4) is 0 Å². The van der Waals surface area contributed by atoms with Crippen molar-refractivity contribution in [2.75, 3.05) is 25.9 Å². The molecule has 28 heavy (non-hydrogen) atoms. The van der Waals surface area contributed by atoms with Gasteiger partial charge in [0.15, 0.2) is 5.16 Å². The summed E-state index contributed by atoms with van der Waals surface area (Å²) in [6.07, 6.45) is 6.70. The first kappa shape index (κ1) is 22.7. The van der Waals surface area contributed by atoms with Gasteiger partial charge in [-0.05, 0) is 37.9 Å². The Kier molecular flexibility index (Phi) is 9.28. The van der Waals surface area contributed by atoms with E-state index >= 15 is 0 Å². The highest BCUT2D eigenvalue weighted by molar-refractivity contribution is 7.98. The molecule has 0 bridgehead atoms. The lowest BCUT2D eigenvalue weighted by molar-refractivity contribution is -0.135. The molecule has 2 rings (SSSR count). The van der Waals surface area contributed by atoms with Gasteiger partial charge in [-0.15, -0.1) is 10.2 Å². The number of nitrogens with one attached hydrogen (secondary N) is 1. The molecule has 1 aromatic heterocycles. The van der Waals surface area contributed by atoms with Gasteiger partial charge in [-0.25, -0.2) is 0 Å². The normalized spacial score (nSPS) is 15.2. The number of hydrogen-bond acceptors (Lipinski definition) is 5. The van der Waals surface area contributed by atoms with E-state index in [-0.39, 0.29) is 17.7 Å². The summed E-state index contributed by atoms with van der Waals surface area (Å²) in [5, 5.41) is 12.6. The quantitative estimate of drug-likeness (QED) is 0.475. The third-order valence-electron chi connectivity index (χ3n) is 5.08. The topological polar surface area (TPSA) is 80.1 Å². The number of rotatable bonds is 10. The van der Waals surface area contributed by atoms with Crippen molar-refractivity contribution >= 4 is 23.6 Å². The Morgan fingerprint density at radius 3 is 2.57 bits per heavy atom. The van der Waals surface area contributed by atoms with Crippen LogP contribution in [0.25, 0.3) is 0 Å². The second-order valence-electron chi connectivity index (χ2n) is 7.91. The van der Waals surface area contributed by atoms with E-state index in [4.69, 9.17) is 0 Å². The second kappa shape index (κ2) is 11.4. The fourth-order valence-corrected chi connectivity index (χ4v) is 4.09. The number of aryl methyl sites for hydroxylation is 1. The molecule has 2 heterocycles. The van der Waals surface area contributed by atoms with Gasteiger partial charge < -0.3 is 14.8 Å². The van der Waals surface area contributed by atoms with Crippen LogP contribution in [0.2, 0.25) is 0 Å². The van der Waals surface area contributed by atoms with Crippen LogP contribution in [-0.4, -0.2) is 57.4 Å². The average molecular weight is 410 g/mol. The molecule has 0 saturated carbocycles. The van der Waals surface area contributed by atoms with E-state index in [2.05, 4.69) is 33.9 Å². The molecule has 7 nitrogen and oxygen atoms in total. The van der Waals surface area contributed by atoms with Gasteiger partial charge in [0, 0.05) is 44.9 Å². The van der Waals surface area contributed by atoms with Crippen molar-refractivity contribution in [1.82, 2.24) is 25.0 Å². The fourth-order valence-electron chi connectivity index (χ4n) is 3.57. The summed E-state index contributed by atoms with van der Waals surface area (Å²) < 4.78 is 2.19. The Morgan fingerprint density at radius 2 is 1.96 bits per heavy atom. The molecule has 0 spiro atoms. The van der Waals surface area contributed by atoms with Crippen molar-refractivity contribution in [1.29, 1.82) is 0 Å². The van der Waals surface area contributed by atoms with E-state index in [1.807, 2.05) is 18.1 Å². The molecule has 0 aliphatic carbocycles. The first-order chi connectivity index (χ1) is 13.5. The predicted molar refractivity (Wildman–Crippen MR) is 112 cm³/mol. The van der Waals surface area contributed by atoms with Gasteiger partial charge in [0.25, 0.3) is 0 Å². The minimum atomic E-state index is 0.0263. The van der Waals surface area contributed by atoms with Crippen LogP contribution in [0.15, 0.2) is 5.16 Å². The molecule has 1 aromatic rings. The minimum Gasteiger partial charge on any atom is -0.356 e. The van der Waals surface area contributed by atoms with Crippen molar-refractivity contribution in [3.8, 4) is 0 Å². The van der Waals surface area contributed by atoms with E-state index in [1.54, 1.807) is 11.8 Å². The van der Waals surface area contributed by atoms with Crippen molar-refractivity contribution in [3.05, 3.63) is 5.82 Å². The summed E-state index contributed by atoms with van der Waals surface area (Å²) in [6.45, 7) is 9.37. The molecule has 1 aliphatic rings. The minimum absolute atomic E-state index is 0.0263. The van der Waals surface area contributed by atoms with E-state index in [1.165, 1.54) is 0 Å². The third-order valence-corrected chi connectivity index (χ3v) is 5.75. The van der Waals surface area contributed by atoms with Crippen molar-refractivity contribution in [2.24, 2.45) is 11.8 Å². The van der Waals surface area contributed by atoms with Gasteiger partial charge in [0.2, 0.25) is 11.8 Å². The summed E-state index contributed by atoms with van der Waals surface area (Å²) in [5.41, 5.74) is 0. The van der Waals surface area contributed by atoms with Crippen LogP contribution >= 0.6 is 11.8 Å². The Hall–Kier alpha value is -1.57. The van der Waals surface area contributed by atoms with Gasteiger partial charge >= 0.3 is 0 Å². The van der Waals surface area contributed by atoms with Crippen LogP contribution in [0.4, 0.5) is 0 Å². The Morgan fingerprint density at radius 1 is 1.25 bits per heavy atom. The molecule has 0 aromatic carbocycles. The van der Waals surface area contributed by atoms with Gasteiger partial charge in [0.05, 0.1) is 0 Å². The highest BCUT2D eigenvalue weighted by Gasteiger charge is 2.26. The zero-order valence-electron chi connectivity index (χ0n) is 17.7. The number of nitrogens with zero attached hydrogens (tertiary/aromatic N) is 4. The Balaban J connectivity index is 1.72. The monoisotopic (exact) mass is 409 g/mol. The van der Waals surface area contributed by atoms with Crippen LogP contribution in [0, 0.1) is 11.8 Å². The van der Waals surface area contributed by atoms with E-state index in [9.17, 15) is 9.59 Å². The van der Waals surface area contributed by atoms with Crippen LogP contribution < -0.4 is 5.32 Å². The molecule has 1 aliphatic heterocycles. The van der Waals surface area contributed by atoms with E-state index < -0.39 is 0 Å². The molecule has 1 saturated heterocycles. The standard InChI is InChI=1S/C20H35N5O2S/c1-5-7-18(26)24-12-9-16(10-13-24)19(27)21-11-6-8-17-22-23-20(28-4)25(17)14-15(2)3/h15-16H,5-14H2,1-4H3,(H,21,27). The molecule has 1 N–H and O–H groups in total. The maximum atomic E-state index is 12.4. The van der Waals surface area contributed by atoms with Gasteiger partial charge in [-0.1, -0.05) is 32.5 Å². The Bertz CT molecular complexity index is 639. The molecule has 0 atom stereocenters. The number of amides is 2. The SMILES string of the molecule is CCCC(=O)N1CCC(C(=O)NCCCc2nnc(SC)n2CC(C)C)CC1. The zero-order valence-corrected chi connectivity index (χ0v) is 18.6. The molecule has 8 heteroatoms. The lowest BCUT2D eigenvalue weighted by Crippen LogP contribution is -2.43. The lowest BCUT2D eigenvalue weighted by atomic mass is 9.95. The van der Waals surface area contributed by atoms with Crippen molar-refractivity contribution < 1.29 is 9.59 Å². The average Bonchev–Trinajstić information content (AvgIpc) is 3.06. The van der Waals surface area contributed by atoms with Gasteiger partial charge in [-0.2, -0.15) is 0 Å². The van der Waals surface area contributed by atoms with E-state index in [0.717, 1.165) is 49.6 Å².